The largest absolute Gasteiger partial charge is 0.508 e. The van der Waals surface area contributed by atoms with Crippen molar-refractivity contribution in [3.8, 4) is 5.75 Å². The Kier molecular flexibility index (Phi) is 9.06. The third-order valence-corrected chi connectivity index (χ3v) is 8.57. The fourth-order valence-electron chi connectivity index (χ4n) is 5.96. The van der Waals surface area contributed by atoms with Gasteiger partial charge in [0.15, 0.2) is 0 Å². The number of likely N-dealkylation sites (N-methyl/N-ethyl adjacent to an activating group) is 1. The van der Waals surface area contributed by atoms with E-state index in [1.807, 2.05) is 29.3 Å². The molecule has 1 fully saturated rings. The fraction of sp³-hybridized carbons (Fsp3) is 0.344. The van der Waals surface area contributed by atoms with Crippen LogP contribution in [-0.2, 0) is 16.0 Å². The highest BCUT2D eigenvalue weighted by Crippen LogP contribution is 2.47. The monoisotopic (exact) mass is 608 g/mol. The van der Waals surface area contributed by atoms with Crippen molar-refractivity contribution in [1.82, 2.24) is 20.2 Å². The van der Waals surface area contributed by atoms with Crippen molar-refractivity contribution in [2.45, 2.75) is 43.7 Å². The highest BCUT2D eigenvalue weighted by Gasteiger charge is 2.49. The number of rotatable bonds is 7. The van der Waals surface area contributed by atoms with Gasteiger partial charge >= 0.3 is 0 Å². The number of halogens is 2. The van der Waals surface area contributed by atoms with E-state index in [0.717, 1.165) is 18.4 Å². The van der Waals surface area contributed by atoms with Crippen molar-refractivity contribution in [2.75, 3.05) is 27.2 Å². The van der Waals surface area contributed by atoms with E-state index in [1.165, 1.54) is 0 Å². The van der Waals surface area contributed by atoms with Crippen molar-refractivity contribution in [3.63, 3.8) is 0 Å². The van der Waals surface area contributed by atoms with Gasteiger partial charge in [0.25, 0.3) is 5.91 Å². The highest BCUT2D eigenvalue weighted by molar-refractivity contribution is 6.35. The molecule has 0 radical (unpaired) electrons. The van der Waals surface area contributed by atoms with Crippen molar-refractivity contribution in [2.24, 2.45) is 0 Å². The van der Waals surface area contributed by atoms with Gasteiger partial charge in [-0.15, -0.1) is 0 Å². The molecule has 2 aliphatic rings. The number of hydrogen-bond acceptors (Lipinski definition) is 5. The molecular formula is C32H34Cl2N4O4. The van der Waals surface area contributed by atoms with E-state index in [1.54, 1.807) is 66.5 Å². The first kappa shape index (κ1) is 29.9. The molecule has 0 aliphatic carbocycles. The molecule has 2 heterocycles. The Morgan fingerprint density at radius 1 is 1.00 bits per heavy atom. The molecule has 1 saturated heterocycles. The van der Waals surface area contributed by atoms with Gasteiger partial charge in [-0.25, -0.2) is 5.01 Å². The molecule has 0 spiro atoms. The molecule has 3 amide bonds. The number of fused-ring (bicyclic) bond motifs is 1. The summed E-state index contributed by atoms with van der Waals surface area (Å²) in [5.74, 6) is -1.28. The Bertz CT molecular complexity index is 1480. The molecule has 0 saturated carbocycles. The van der Waals surface area contributed by atoms with Crippen LogP contribution in [0.5, 0.6) is 5.75 Å². The maximum atomic E-state index is 14.3. The fourth-order valence-corrected chi connectivity index (χ4v) is 6.48. The molecule has 3 atom stereocenters. The van der Waals surface area contributed by atoms with E-state index in [4.69, 9.17) is 23.2 Å². The Labute approximate surface area is 255 Å². The van der Waals surface area contributed by atoms with E-state index in [9.17, 15) is 19.5 Å². The number of amides is 3. The standard InChI is InChI=1S/C32H34Cl2N4O4/c1-36(2)32(42)27-9-5-6-18-37(27)38-29(25-15-12-21(33)19-26(25)34)28(23-7-3-4-8-24(23)31(38)41)30(40)35-17-16-20-10-13-22(39)14-11-20/h3-4,7-8,10-15,19,27-29,39H,5-6,9,16-18H2,1-2H3,(H,35,40). The average Bonchev–Trinajstić information content (AvgIpc) is 2.98. The summed E-state index contributed by atoms with van der Waals surface area (Å²) >= 11 is 13.1. The SMILES string of the molecule is CN(C)C(=O)C1CCCCN1N1C(=O)c2ccccc2C(C(=O)NCCc2ccc(O)cc2)C1c1ccc(Cl)cc1Cl. The second-order valence-corrected chi connectivity index (χ2v) is 11.8. The summed E-state index contributed by atoms with van der Waals surface area (Å²) < 4.78 is 0. The van der Waals surface area contributed by atoms with Gasteiger partial charge in [0.1, 0.15) is 11.8 Å². The first-order valence-electron chi connectivity index (χ1n) is 14.1. The number of nitrogens with zero attached hydrogens (tertiary/aromatic N) is 3. The van der Waals surface area contributed by atoms with Crippen LogP contribution in [0.3, 0.4) is 0 Å². The number of hydrazine groups is 1. The molecule has 10 heteroatoms. The van der Waals surface area contributed by atoms with Gasteiger partial charge in [-0.1, -0.05) is 59.6 Å². The molecule has 2 N–H and O–H groups in total. The molecule has 8 nitrogen and oxygen atoms in total. The van der Waals surface area contributed by atoms with Crippen LogP contribution >= 0.6 is 23.2 Å². The molecule has 3 aromatic rings. The topological polar surface area (TPSA) is 93.2 Å². The lowest BCUT2D eigenvalue weighted by Crippen LogP contribution is -2.62. The first-order chi connectivity index (χ1) is 20.2. The first-order valence-corrected chi connectivity index (χ1v) is 14.8. The van der Waals surface area contributed by atoms with Gasteiger partial charge in [0.2, 0.25) is 11.8 Å². The molecule has 220 valence electrons. The van der Waals surface area contributed by atoms with Crippen molar-refractivity contribution >= 4 is 40.9 Å². The summed E-state index contributed by atoms with van der Waals surface area (Å²) in [6.07, 6.45) is 2.80. The van der Waals surface area contributed by atoms with Gasteiger partial charge in [-0.05, 0) is 72.7 Å². The Morgan fingerprint density at radius 2 is 1.74 bits per heavy atom. The maximum Gasteiger partial charge on any atom is 0.269 e. The minimum Gasteiger partial charge on any atom is -0.508 e. The number of carbonyl (C=O) groups is 3. The lowest BCUT2D eigenvalue weighted by atomic mass is 9.79. The number of carbonyl (C=O) groups excluding carboxylic acids is 3. The number of phenolic OH excluding ortho intramolecular Hbond substituents is 1. The Morgan fingerprint density at radius 3 is 2.45 bits per heavy atom. The molecule has 5 rings (SSSR count). The van der Waals surface area contributed by atoms with Crippen LogP contribution in [0.2, 0.25) is 10.0 Å². The van der Waals surface area contributed by atoms with Crippen molar-refractivity contribution in [3.05, 3.63) is 99.0 Å². The average molecular weight is 610 g/mol. The molecular weight excluding hydrogens is 575 g/mol. The lowest BCUT2D eigenvalue weighted by molar-refractivity contribution is -0.150. The van der Waals surface area contributed by atoms with Gasteiger partial charge in [-0.2, -0.15) is 0 Å². The van der Waals surface area contributed by atoms with E-state index >= 15 is 0 Å². The summed E-state index contributed by atoms with van der Waals surface area (Å²) in [6, 6.07) is 17.7. The van der Waals surface area contributed by atoms with Crippen LogP contribution in [0, 0.1) is 0 Å². The van der Waals surface area contributed by atoms with Crippen molar-refractivity contribution < 1.29 is 19.5 Å². The van der Waals surface area contributed by atoms with E-state index in [0.29, 0.717) is 52.7 Å². The zero-order valence-corrected chi connectivity index (χ0v) is 25.1. The van der Waals surface area contributed by atoms with Gasteiger partial charge < -0.3 is 15.3 Å². The zero-order valence-electron chi connectivity index (χ0n) is 23.6. The van der Waals surface area contributed by atoms with E-state index in [-0.39, 0.29) is 23.5 Å². The number of nitrogens with one attached hydrogen (secondary N) is 1. The second-order valence-electron chi connectivity index (χ2n) is 10.9. The maximum absolute atomic E-state index is 14.3. The van der Waals surface area contributed by atoms with Gasteiger partial charge in [0, 0.05) is 42.8 Å². The Balaban J connectivity index is 1.59. The van der Waals surface area contributed by atoms with Crippen LogP contribution in [0.4, 0.5) is 0 Å². The normalized spacial score (nSPS) is 20.6. The smallest absolute Gasteiger partial charge is 0.269 e. The molecule has 0 bridgehead atoms. The van der Waals surface area contributed by atoms with Gasteiger partial charge in [-0.3, -0.25) is 19.4 Å². The van der Waals surface area contributed by atoms with E-state index < -0.39 is 18.0 Å². The molecule has 2 aliphatic heterocycles. The minimum atomic E-state index is -0.818. The number of piperidine rings is 1. The predicted molar refractivity (Wildman–Crippen MR) is 162 cm³/mol. The minimum absolute atomic E-state index is 0.0998. The second kappa shape index (κ2) is 12.7. The van der Waals surface area contributed by atoms with Crippen LogP contribution in [0.15, 0.2) is 66.7 Å². The predicted octanol–water partition coefficient (Wildman–Crippen LogP) is 5.20. The number of hydrogen-bond donors (Lipinski definition) is 2. The van der Waals surface area contributed by atoms with Crippen LogP contribution in [0.25, 0.3) is 0 Å². The van der Waals surface area contributed by atoms with Crippen molar-refractivity contribution in [1.29, 1.82) is 0 Å². The molecule has 42 heavy (non-hydrogen) atoms. The summed E-state index contributed by atoms with van der Waals surface area (Å²) in [4.78, 5) is 43.4. The summed E-state index contributed by atoms with van der Waals surface area (Å²) in [7, 11) is 3.42. The van der Waals surface area contributed by atoms with Crippen LogP contribution < -0.4 is 5.32 Å². The van der Waals surface area contributed by atoms with Crippen LogP contribution in [-0.4, -0.2) is 71.0 Å². The third kappa shape index (κ3) is 5.98. The summed E-state index contributed by atoms with van der Waals surface area (Å²) in [5.41, 5.74) is 2.55. The third-order valence-electron chi connectivity index (χ3n) is 8.00. The summed E-state index contributed by atoms with van der Waals surface area (Å²) in [5, 5.41) is 16.9. The number of aromatic hydroxyl groups is 1. The molecule has 3 unspecified atom stereocenters. The Hall–Kier alpha value is -3.59. The van der Waals surface area contributed by atoms with Gasteiger partial charge in [0.05, 0.1) is 12.0 Å². The molecule has 3 aromatic carbocycles. The molecule has 0 aromatic heterocycles. The number of phenols is 1. The summed E-state index contributed by atoms with van der Waals surface area (Å²) in [6.45, 7) is 0.831. The quantitative estimate of drug-likeness (QED) is 0.385. The van der Waals surface area contributed by atoms with Crippen LogP contribution in [0.1, 0.15) is 58.3 Å². The zero-order chi connectivity index (χ0) is 30.0. The van der Waals surface area contributed by atoms with E-state index in [2.05, 4.69) is 5.32 Å². The lowest BCUT2D eigenvalue weighted by Gasteiger charge is -2.50. The number of benzene rings is 3. The highest BCUT2D eigenvalue weighted by atomic mass is 35.5.